The first-order valence-electron chi connectivity index (χ1n) is 4.09. The predicted octanol–water partition coefficient (Wildman–Crippen LogP) is 2.38. The molecule has 0 fully saturated rings. The summed E-state index contributed by atoms with van der Waals surface area (Å²) >= 11 is 0. The van der Waals surface area contributed by atoms with E-state index >= 15 is 0 Å². The molecule has 15 heavy (non-hydrogen) atoms. The second-order valence-corrected chi connectivity index (χ2v) is 2.52. The van der Waals surface area contributed by atoms with Gasteiger partial charge in [0.25, 0.3) is 0 Å². The van der Waals surface area contributed by atoms with Gasteiger partial charge in [0.1, 0.15) is 0 Å². The molecule has 0 saturated heterocycles. The van der Waals surface area contributed by atoms with E-state index in [0.29, 0.717) is 11.5 Å². The molecule has 0 unspecified atom stereocenters. The van der Waals surface area contributed by atoms with Crippen LogP contribution in [0.5, 0.6) is 11.5 Å². The Hall–Kier alpha value is -1.22. The van der Waals surface area contributed by atoms with E-state index in [1.807, 2.05) is 0 Å². The van der Waals surface area contributed by atoms with Crippen molar-refractivity contribution in [2.75, 3.05) is 0 Å². The summed E-state index contributed by atoms with van der Waals surface area (Å²) in [5, 5.41) is 17.2. The van der Waals surface area contributed by atoms with Crippen molar-refractivity contribution in [2.24, 2.45) is 0 Å². The molecule has 0 aromatic heterocycles. The molecule has 0 atom stereocenters. The fourth-order valence-corrected chi connectivity index (χ4v) is 0.756. The van der Waals surface area contributed by atoms with Gasteiger partial charge in [0.15, 0.2) is 0 Å². The van der Waals surface area contributed by atoms with Gasteiger partial charge in [0.05, 0.1) is 0 Å². The molecule has 1 radical (unpaired) electrons. The molecule has 0 aliphatic heterocycles. The van der Waals surface area contributed by atoms with Crippen LogP contribution in [0.4, 0.5) is 0 Å². The van der Waals surface area contributed by atoms with Gasteiger partial charge >= 0.3 is 0 Å². The Labute approximate surface area is 105 Å². The average molecular weight is 383 g/mol. The van der Waals surface area contributed by atoms with E-state index in [1.165, 1.54) is 0 Å². The molecule has 0 amide bonds. The summed E-state index contributed by atoms with van der Waals surface area (Å²) in [4.78, 5) is 0. The van der Waals surface area contributed by atoms with E-state index in [0.717, 1.165) is 0 Å². The summed E-state index contributed by atoms with van der Waals surface area (Å²) in [5.41, 5.74) is 0. The van der Waals surface area contributed by atoms with Crippen LogP contribution in [0.3, 0.4) is 0 Å². The van der Waals surface area contributed by atoms with Crippen molar-refractivity contribution < 1.29 is 32.6 Å². The maximum absolute atomic E-state index is 8.61. The van der Waals surface area contributed by atoms with Crippen molar-refractivity contribution in [1.29, 1.82) is 0 Å². The smallest absolute Gasteiger partial charge is 0.00821 e. The van der Waals surface area contributed by atoms with E-state index in [2.05, 4.69) is 12.1 Å². The van der Waals surface area contributed by atoms with E-state index in [4.69, 9.17) is 10.2 Å². The third-order valence-electron chi connectivity index (χ3n) is 1.40. The van der Waals surface area contributed by atoms with Crippen LogP contribution in [0.2, 0.25) is 0 Å². The summed E-state index contributed by atoms with van der Waals surface area (Å²) < 4.78 is 0. The number of phenolic OH excluding ortho intramolecular Hbond substituents is 2. The van der Waals surface area contributed by atoms with Gasteiger partial charge < -0.3 is 10.2 Å². The maximum Gasteiger partial charge on any atom is 0.00821 e. The summed E-state index contributed by atoms with van der Waals surface area (Å²) in [7, 11) is 0. The van der Waals surface area contributed by atoms with Crippen LogP contribution in [0.25, 0.3) is 0 Å². The van der Waals surface area contributed by atoms with Crippen molar-refractivity contribution >= 4 is 0 Å². The number of hydrogen-bond acceptors (Lipinski definition) is 2. The molecule has 83 valence electrons. The SMILES string of the molecule is Oc1cc[c-]cc1.Oc1cc[c-]cc1.[Au]. The van der Waals surface area contributed by atoms with Crippen molar-refractivity contribution in [3.63, 3.8) is 0 Å². The van der Waals surface area contributed by atoms with Gasteiger partial charge in [0.2, 0.25) is 0 Å². The molecule has 0 heterocycles. The molecular weight excluding hydrogens is 373 g/mol. The Morgan fingerprint density at radius 3 is 1.07 bits per heavy atom. The Kier molecular flexibility index (Phi) is 7.46. The standard InChI is InChI=1S/2C6H5O.Au/c2*7-6-4-2-1-3-5-6;/h2*2-5,7H;/q2*-1;. The number of phenols is 2. The average Bonchev–Trinajstić information content (AvgIpc) is 2.21. The van der Waals surface area contributed by atoms with Gasteiger partial charge in [-0.05, 0) is 0 Å². The monoisotopic (exact) mass is 383 g/mol. The van der Waals surface area contributed by atoms with Crippen molar-refractivity contribution in [1.82, 2.24) is 0 Å². The number of benzene rings is 2. The Morgan fingerprint density at radius 1 is 0.667 bits per heavy atom. The van der Waals surface area contributed by atoms with E-state index < -0.39 is 0 Å². The Bertz CT molecular complexity index is 311. The molecule has 2 aromatic carbocycles. The summed E-state index contributed by atoms with van der Waals surface area (Å²) in [6, 6.07) is 18.5. The summed E-state index contributed by atoms with van der Waals surface area (Å²) in [6.07, 6.45) is 0. The van der Waals surface area contributed by atoms with Crippen LogP contribution < -0.4 is 0 Å². The Morgan fingerprint density at radius 2 is 0.933 bits per heavy atom. The number of rotatable bonds is 0. The molecule has 2 nitrogen and oxygen atoms in total. The molecule has 2 aromatic rings. The molecule has 0 spiro atoms. The second-order valence-electron chi connectivity index (χ2n) is 2.52. The molecule has 0 bridgehead atoms. The summed E-state index contributed by atoms with van der Waals surface area (Å²) in [5.74, 6) is 0.581. The fraction of sp³-hybridized carbons (Fsp3) is 0. The van der Waals surface area contributed by atoms with Crippen LogP contribution >= 0.6 is 0 Å². The van der Waals surface area contributed by atoms with Crippen molar-refractivity contribution in [2.45, 2.75) is 0 Å². The van der Waals surface area contributed by atoms with Gasteiger partial charge in [-0.3, -0.25) is 0 Å². The van der Waals surface area contributed by atoms with Crippen LogP contribution in [0, 0.1) is 12.1 Å². The third kappa shape index (κ3) is 6.80. The van der Waals surface area contributed by atoms with Gasteiger partial charge in [-0.2, -0.15) is 36.4 Å². The zero-order chi connectivity index (χ0) is 10.2. The zero-order valence-electron chi connectivity index (χ0n) is 7.81. The minimum Gasteiger partial charge on any atom is -0.533 e. The van der Waals surface area contributed by atoms with Crippen LogP contribution in [0.1, 0.15) is 0 Å². The maximum atomic E-state index is 8.61. The van der Waals surface area contributed by atoms with E-state index in [9.17, 15) is 0 Å². The molecular formula is C12H10AuO2-2. The predicted molar refractivity (Wildman–Crippen MR) is 53.9 cm³/mol. The third-order valence-corrected chi connectivity index (χ3v) is 1.40. The minimum atomic E-state index is 0. The molecule has 0 saturated carbocycles. The molecule has 0 aliphatic rings. The Balaban J connectivity index is 0.000000245. The van der Waals surface area contributed by atoms with Gasteiger partial charge in [0, 0.05) is 33.9 Å². The molecule has 2 rings (SSSR count). The fourth-order valence-electron chi connectivity index (χ4n) is 0.756. The molecule has 2 N–H and O–H groups in total. The van der Waals surface area contributed by atoms with Crippen LogP contribution in [-0.2, 0) is 22.4 Å². The topological polar surface area (TPSA) is 40.5 Å². The van der Waals surface area contributed by atoms with E-state index in [1.54, 1.807) is 48.5 Å². The molecule has 3 heteroatoms. The number of aromatic hydroxyl groups is 2. The first-order chi connectivity index (χ1) is 6.79. The van der Waals surface area contributed by atoms with Gasteiger partial charge in [-0.1, -0.05) is 0 Å². The van der Waals surface area contributed by atoms with Crippen LogP contribution in [0.15, 0.2) is 48.5 Å². The quantitative estimate of drug-likeness (QED) is 0.542. The largest absolute Gasteiger partial charge is 0.533 e. The minimum absolute atomic E-state index is 0. The first kappa shape index (κ1) is 13.8. The van der Waals surface area contributed by atoms with E-state index in [-0.39, 0.29) is 22.4 Å². The second kappa shape index (κ2) is 8.12. The normalized spacial score (nSPS) is 8.00. The van der Waals surface area contributed by atoms with Gasteiger partial charge in [-0.15, -0.1) is 24.3 Å². The first-order valence-corrected chi connectivity index (χ1v) is 4.09. The number of hydrogen-bond donors (Lipinski definition) is 2. The van der Waals surface area contributed by atoms with Gasteiger partial charge in [-0.25, -0.2) is 0 Å². The summed E-state index contributed by atoms with van der Waals surface area (Å²) in [6.45, 7) is 0. The van der Waals surface area contributed by atoms with Crippen LogP contribution in [-0.4, -0.2) is 10.2 Å². The molecule has 0 aliphatic carbocycles. The zero-order valence-corrected chi connectivity index (χ0v) is 9.98. The van der Waals surface area contributed by atoms with Crippen molar-refractivity contribution in [3.05, 3.63) is 60.7 Å². The van der Waals surface area contributed by atoms with Crippen molar-refractivity contribution in [3.8, 4) is 11.5 Å².